The van der Waals surface area contributed by atoms with Crippen molar-refractivity contribution in [2.45, 2.75) is 19.5 Å². The molecule has 1 atom stereocenters. The van der Waals surface area contributed by atoms with E-state index < -0.39 is 17.8 Å². The normalized spacial score (nSPS) is 12.5. The van der Waals surface area contributed by atoms with Crippen molar-refractivity contribution < 1.29 is 13.6 Å². The molecule has 1 rings (SSSR count). The zero-order chi connectivity index (χ0) is 9.84. The molecule has 0 heterocycles. The molecule has 0 aliphatic heterocycles. The summed E-state index contributed by atoms with van der Waals surface area (Å²) >= 11 is 0. The molecule has 0 saturated carbocycles. The lowest BCUT2D eigenvalue weighted by Crippen LogP contribution is -2.14. The van der Waals surface area contributed by atoms with Crippen molar-refractivity contribution in [3.63, 3.8) is 0 Å². The monoisotopic (exact) mass is 184 g/mol. The first-order valence-corrected chi connectivity index (χ1v) is 3.98. The van der Waals surface area contributed by atoms with Crippen LogP contribution in [0.3, 0.4) is 0 Å². The maximum absolute atomic E-state index is 12.9. The van der Waals surface area contributed by atoms with E-state index in [4.69, 9.17) is 0 Å². The minimum atomic E-state index is -1.53. The lowest BCUT2D eigenvalue weighted by molar-refractivity contribution is -0.121. The van der Waals surface area contributed by atoms with E-state index in [9.17, 15) is 13.6 Å². The van der Waals surface area contributed by atoms with Crippen molar-refractivity contribution in [2.24, 2.45) is 0 Å². The Labute approximate surface area is 75.4 Å². The van der Waals surface area contributed by atoms with Gasteiger partial charge in [0, 0.05) is 6.42 Å². The smallest absolute Gasteiger partial charge is 0.164 e. The number of halogens is 2. The summed E-state index contributed by atoms with van der Waals surface area (Å²) in [7, 11) is 0. The summed E-state index contributed by atoms with van der Waals surface area (Å²) in [4.78, 5) is 10.6. The average molecular weight is 184 g/mol. The topological polar surface area (TPSA) is 17.1 Å². The van der Waals surface area contributed by atoms with Crippen molar-refractivity contribution in [2.75, 3.05) is 0 Å². The molecule has 70 valence electrons. The number of Topliss-reactive ketones (excluding diaryl/α,β-unsaturated/α-hetero) is 1. The van der Waals surface area contributed by atoms with Crippen LogP contribution in [0.5, 0.6) is 0 Å². The quantitative estimate of drug-likeness (QED) is 0.704. The summed E-state index contributed by atoms with van der Waals surface area (Å²) in [6, 6.07) is 5.61. The number of rotatable bonds is 3. The third-order valence-corrected chi connectivity index (χ3v) is 1.75. The van der Waals surface area contributed by atoms with Crippen LogP contribution in [0.25, 0.3) is 0 Å². The number of ketones is 1. The van der Waals surface area contributed by atoms with Crippen LogP contribution in [0.4, 0.5) is 8.78 Å². The summed E-state index contributed by atoms with van der Waals surface area (Å²) in [5, 5.41) is 0. The highest BCUT2D eigenvalue weighted by Crippen LogP contribution is 2.08. The van der Waals surface area contributed by atoms with Crippen molar-refractivity contribution in [3.05, 3.63) is 35.6 Å². The number of benzene rings is 1. The molecule has 0 N–H and O–H groups in total. The van der Waals surface area contributed by atoms with Crippen molar-refractivity contribution in [3.8, 4) is 0 Å². The van der Waals surface area contributed by atoms with Crippen LogP contribution in [-0.4, -0.2) is 12.0 Å². The minimum Gasteiger partial charge on any atom is -0.297 e. The molecule has 0 amide bonds. The largest absolute Gasteiger partial charge is 0.297 e. The summed E-state index contributed by atoms with van der Waals surface area (Å²) in [5.41, 5.74) is 0.503. The third-order valence-electron chi connectivity index (χ3n) is 1.75. The molecule has 0 fully saturated rings. The number of hydrogen-bond acceptors (Lipinski definition) is 1. The van der Waals surface area contributed by atoms with E-state index >= 15 is 0 Å². The molecule has 0 aliphatic rings. The molecule has 3 heteroatoms. The first-order chi connectivity index (χ1) is 6.09. The summed E-state index contributed by atoms with van der Waals surface area (Å²) in [5.74, 6) is -0.933. The van der Waals surface area contributed by atoms with Gasteiger partial charge in [-0.3, -0.25) is 4.79 Å². The van der Waals surface area contributed by atoms with Gasteiger partial charge in [-0.05, 0) is 24.6 Å². The Morgan fingerprint density at radius 3 is 2.77 bits per heavy atom. The Morgan fingerprint density at radius 2 is 2.23 bits per heavy atom. The minimum absolute atomic E-state index is 0.0485. The molecule has 1 nitrogen and oxygen atoms in total. The molecule has 13 heavy (non-hydrogen) atoms. The highest BCUT2D eigenvalue weighted by Gasteiger charge is 2.12. The van der Waals surface area contributed by atoms with Crippen molar-refractivity contribution in [1.82, 2.24) is 0 Å². The molecule has 0 spiro atoms. The fraction of sp³-hybridized carbons (Fsp3) is 0.300. The Hall–Kier alpha value is -1.25. The van der Waals surface area contributed by atoms with Gasteiger partial charge in [0.1, 0.15) is 5.82 Å². The van der Waals surface area contributed by atoms with E-state index in [0.717, 1.165) is 0 Å². The lowest BCUT2D eigenvalue weighted by atomic mass is 10.1. The van der Waals surface area contributed by atoms with E-state index in [1.165, 1.54) is 25.1 Å². The first kappa shape index (κ1) is 9.84. The van der Waals surface area contributed by atoms with Crippen LogP contribution in [0, 0.1) is 5.82 Å². The molecule has 0 bridgehead atoms. The summed E-state index contributed by atoms with van der Waals surface area (Å²) in [6.45, 7) is 1.18. The number of carbonyl (C=O) groups is 1. The molecular formula is C10H10F2O. The van der Waals surface area contributed by atoms with E-state index in [1.807, 2.05) is 0 Å². The molecule has 0 saturated heterocycles. The second-order valence-corrected chi connectivity index (χ2v) is 2.91. The predicted molar refractivity (Wildman–Crippen MR) is 45.7 cm³/mol. The van der Waals surface area contributed by atoms with E-state index in [1.54, 1.807) is 6.07 Å². The third kappa shape index (κ3) is 2.93. The maximum atomic E-state index is 12.9. The van der Waals surface area contributed by atoms with Crippen LogP contribution in [-0.2, 0) is 11.2 Å². The Balaban J connectivity index is 2.69. The predicted octanol–water partition coefficient (Wildman–Crippen LogP) is 2.30. The number of carbonyl (C=O) groups excluding carboxylic acids is 1. The number of alkyl halides is 1. The Bertz CT molecular complexity index is 310. The SMILES string of the molecule is CC(=O)C(F)Cc1cccc(F)c1. The van der Waals surface area contributed by atoms with Crippen LogP contribution in [0.1, 0.15) is 12.5 Å². The zero-order valence-electron chi connectivity index (χ0n) is 7.26. The lowest BCUT2D eigenvalue weighted by Gasteiger charge is -2.03. The van der Waals surface area contributed by atoms with Crippen LogP contribution in [0.15, 0.2) is 24.3 Å². The van der Waals surface area contributed by atoms with Gasteiger partial charge in [0.05, 0.1) is 0 Å². The summed E-state index contributed by atoms with van der Waals surface area (Å²) < 4.78 is 25.5. The van der Waals surface area contributed by atoms with Crippen LogP contribution in [0.2, 0.25) is 0 Å². The molecule has 0 radical (unpaired) electrons. The van der Waals surface area contributed by atoms with Gasteiger partial charge >= 0.3 is 0 Å². The van der Waals surface area contributed by atoms with Gasteiger partial charge < -0.3 is 0 Å². The second-order valence-electron chi connectivity index (χ2n) is 2.91. The van der Waals surface area contributed by atoms with Gasteiger partial charge in [0.25, 0.3) is 0 Å². The zero-order valence-corrected chi connectivity index (χ0v) is 7.26. The van der Waals surface area contributed by atoms with Crippen molar-refractivity contribution in [1.29, 1.82) is 0 Å². The van der Waals surface area contributed by atoms with Gasteiger partial charge in [0.2, 0.25) is 0 Å². The van der Waals surface area contributed by atoms with Crippen molar-refractivity contribution >= 4 is 5.78 Å². The highest BCUT2D eigenvalue weighted by atomic mass is 19.1. The molecule has 1 aromatic carbocycles. The maximum Gasteiger partial charge on any atom is 0.164 e. The molecule has 0 aliphatic carbocycles. The molecule has 0 aromatic heterocycles. The molecule has 1 aromatic rings. The van der Waals surface area contributed by atoms with Gasteiger partial charge in [0.15, 0.2) is 12.0 Å². The average Bonchev–Trinajstić information content (AvgIpc) is 2.04. The Kier molecular flexibility index (Phi) is 3.12. The van der Waals surface area contributed by atoms with E-state index in [-0.39, 0.29) is 6.42 Å². The molecular weight excluding hydrogens is 174 g/mol. The first-order valence-electron chi connectivity index (χ1n) is 3.98. The Morgan fingerprint density at radius 1 is 1.54 bits per heavy atom. The van der Waals surface area contributed by atoms with E-state index in [2.05, 4.69) is 0 Å². The van der Waals surface area contributed by atoms with Gasteiger partial charge in [-0.25, -0.2) is 8.78 Å². The van der Waals surface area contributed by atoms with Crippen LogP contribution < -0.4 is 0 Å². The van der Waals surface area contributed by atoms with Gasteiger partial charge in [-0.1, -0.05) is 12.1 Å². The van der Waals surface area contributed by atoms with Gasteiger partial charge in [-0.2, -0.15) is 0 Å². The number of hydrogen-bond donors (Lipinski definition) is 0. The fourth-order valence-corrected chi connectivity index (χ4v) is 1.01. The fourth-order valence-electron chi connectivity index (χ4n) is 1.01. The standard InChI is InChI=1S/C10H10F2O/c1-7(13)10(12)6-8-3-2-4-9(11)5-8/h2-5,10H,6H2,1H3. The molecule has 1 unspecified atom stereocenters. The van der Waals surface area contributed by atoms with E-state index in [0.29, 0.717) is 5.56 Å². The van der Waals surface area contributed by atoms with Gasteiger partial charge in [-0.15, -0.1) is 0 Å². The summed E-state index contributed by atoms with van der Waals surface area (Å²) in [6.07, 6.45) is -1.57. The second kappa shape index (κ2) is 4.12. The highest BCUT2D eigenvalue weighted by molar-refractivity contribution is 5.80. The van der Waals surface area contributed by atoms with Crippen LogP contribution >= 0.6 is 0 Å².